The molecule has 0 bridgehead atoms. The molecular weight excluding hydrogens is 250 g/mol. The first-order chi connectivity index (χ1) is 8.69. The summed E-state index contributed by atoms with van der Waals surface area (Å²) < 4.78 is 4.75. The number of aliphatic hydroxyl groups is 1. The molecule has 1 aromatic rings. The Morgan fingerprint density at radius 1 is 1.61 bits per heavy atom. The van der Waals surface area contributed by atoms with Crippen LogP contribution in [-0.4, -0.2) is 30.8 Å². The fourth-order valence-corrected chi connectivity index (χ4v) is 2.40. The molecule has 1 heterocycles. The summed E-state index contributed by atoms with van der Waals surface area (Å²) in [6.45, 7) is 2.44. The summed E-state index contributed by atoms with van der Waals surface area (Å²) in [5, 5.41) is 16.8. The summed E-state index contributed by atoms with van der Waals surface area (Å²) in [6.07, 6.45) is 2.15. The Hall–Kier alpha value is -0.910. The molecular formula is C13H21NO3S. The van der Waals surface area contributed by atoms with Crippen LogP contribution in [0.15, 0.2) is 16.8 Å². The fourth-order valence-electron chi connectivity index (χ4n) is 1.69. The number of ether oxygens (including phenoxy) is 1. The van der Waals surface area contributed by atoms with Gasteiger partial charge in [0.25, 0.3) is 0 Å². The summed E-state index contributed by atoms with van der Waals surface area (Å²) in [5.41, 5.74) is 0.881. The number of unbranched alkanes of at least 4 members (excludes halogenated alkanes) is 1. The standard InChI is InChI=1S/C13H21NO3S/c1-3-4-5-11(13(16)17-2)14-8-12(15)10-6-7-18-9-10/h6-7,9,11-12,14-15H,3-5,8H2,1-2H3. The van der Waals surface area contributed by atoms with Gasteiger partial charge in [0.1, 0.15) is 6.04 Å². The third kappa shape index (κ3) is 4.76. The van der Waals surface area contributed by atoms with Gasteiger partial charge in [0.05, 0.1) is 13.2 Å². The molecule has 5 heteroatoms. The molecule has 0 spiro atoms. The van der Waals surface area contributed by atoms with Crippen LogP contribution >= 0.6 is 11.3 Å². The second-order valence-corrected chi connectivity index (χ2v) is 4.98. The molecule has 0 saturated heterocycles. The van der Waals surface area contributed by atoms with Crippen molar-refractivity contribution in [3.05, 3.63) is 22.4 Å². The number of aliphatic hydroxyl groups excluding tert-OH is 1. The maximum atomic E-state index is 11.6. The Kier molecular flexibility index (Phi) is 6.93. The van der Waals surface area contributed by atoms with E-state index in [2.05, 4.69) is 12.2 Å². The molecule has 0 radical (unpaired) electrons. The van der Waals surface area contributed by atoms with Gasteiger partial charge in [0.2, 0.25) is 0 Å². The lowest BCUT2D eigenvalue weighted by molar-refractivity contribution is -0.143. The molecule has 4 nitrogen and oxygen atoms in total. The van der Waals surface area contributed by atoms with Crippen molar-refractivity contribution in [2.45, 2.75) is 38.3 Å². The predicted molar refractivity (Wildman–Crippen MR) is 72.6 cm³/mol. The van der Waals surface area contributed by atoms with Crippen molar-refractivity contribution in [2.24, 2.45) is 0 Å². The average Bonchev–Trinajstić information content (AvgIpc) is 2.91. The first-order valence-corrected chi connectivity index (χ1v) is 7.14. The summed E-state index contributed by atoms with van der Waals surface area (Å²) in [4.78, 5) is 11.6. The van der Waals surface area contributed by atoms with Crippen LogP contribution in [0, 0.1) is 0 Å². The van der Waals surface area contributed by atoms with Gasteiger partial charge in [0.15, 0.2) is 0 Å². The first-order valence-electron chi connectivity index (χ1n) is 6.20. The lowest BCUT2D eigenvalue weighted by Crippen LogP contribution is -2.39. The van der Waals surface area contributed by atoms with Gasteiger partial charge in [-0.15, -0.1) is 0 Å². The highest BCUT2D eigenvalue weighted by Gasteiger charge is 2.19. The summed E-state index contributed by atoms with van der Waals surface area (Å²) in [5.74, 6) is -0.263. The summed E-state index contributed by atoms with van der Waals surface area (Å²) >= 11 is 1.55. The van der Waals surface area contributed by atoms with Crippen LogP contribution < -0.4 is 5.32 Å². The number of esters is 1. The molecule has 0 aliphatic heterocycles. The molecule has 0 aliphatic carbocycles. The minimum Gasteiger partial charge on any atom is -0.468 e. The van der Waals surface area contributed by atoms with E-state index < -0.39 is 6.10 Å². The van der Waals surface area contributed by atoms with E-state index in [1.54, 1.807) is 11.3 Å². The Morgan fingerprint density at radius 2 is 2.39 bits per heavy atom. The number of nitrogens with one attached hydrogen (secondary N) is 1. The largest absolute Gasteiger partial charge is 0.468 e. The number of methoxy groups -OCH3 is 1. The minimum atomic E-state index is -0.579. The molecule has 2 unspecified atom stereocenters. The monoisotopic (exact) mass is 271 g/mol. The maximum Gasteiger partial charge on any atom is 0.322 e. The zero-order valence-corrected chi connectivity index (χ0v) is 11.7. The number of hydrogen-bond acceptors (Lipinski definition) is 5. The van der Waals surface area contributed by atoms with Gasteiger partial charge in [-0.2, -0.15) is 11.3 Å². The van der Waals surface area contributed by atoms with E-state index in [9.17, 15) is 9.90 Å². The molecule has 0 amide bonds. The zero-order valence-electron chi connectivity index (χ0n) is 10.9. The van der Waals surface area contributed by atoms with E-state index in [0.717, 1.165) is 24.8 Å². The third-order valence-corrected chi connectivity index (χ3v) is 3.52. The van der Waals surface area contributed by atoms with Gasteiger partial charge in [-0.05, 0) is 28.8 Å². The second kappa shape index (κ2) is 8.24. The van der Waals surface area contributed by atoms with Crippen LogP contribution in [0.4, 0.5) is 0 Å². The molecule has 0 fully saturated rings. The van der Waals surface area contributed by atoms with Gasteiger partial charge in [-0.3, -0.25) is 4.79 Å². The minimum absolute atomic E-state index is 0.263. The van der Waals surface area contributed by atoms with E-state index >= 15 is 0 Å². The molecule has 1 rings (SSSR count). The predicted octanol–water partition coefficient (Wildman–Crippen LogP) is 2.10. The van der Waals surface area contributed by atoms with Crippen molar-refractivity contribution in [1.82, 2.24) is 5.32 Å². The number of thiophene rings is 1. The van der Waals surface area contributed by atoms with Gasteiger partial charge in [-0.25, -0.2) is 0 Å². The van der Waals surface area contributed by atoms with E-state index in [0.29, 0.717) is 6.54 Å². The fraction of sp³-hybridized carbons (Fsp3) is 0.615. The highest BCUT2D eigenvalue weighted by atomic mass is 32.1. The Balaban J connectivity index is 2.43. The normalized spacial score (nSPS) is 14.2. The van der Waals surface area contributed by atoms with E-state index in [-0.39, 0.29) is 12.0 Å². The Bertz CT molecular complexity index is 340. The molecule has 18 heavy (non-hydrogen) atoms. The SMILES string of the molecule is CCCCC(NCC(O)c1ccsc1)C(=O)OC. The van der Waals surface area contributed by atoms with E-state index in [4.69, 9.17) is 4.74 Å². The maximum absolute atomic E-state index is 11.6. The van der Waals surface area contributed by atoms with Crippen molar-refractivity contribution in [2.75, 3.05) is 13.7 Å². The van der Waals surface area contributed by atoms with Crippen LogP contribution in [0.2, 0.25) is 0 Å². The molecule has 2 N–H and O–H groups in total. The molecule has 0 aromatic carbocycles. The van der Waals surface area contributed by atoms with E-state index in [1.807, 2.05) is 16.8 Å². The smallest absolute Gasteiger partial charge is 0.322 e. The number of carbonyl (C=O) groups is 1. The average molecular weight is 271 g/mol. The number of rotatable bonds is 8. The quantitative estimate of drug-likeness (QED) is 0.711. The second-order valence-electron chi connectivity index (χ2n) is 4.20. The van der Waals surface area contributed by atoms with Crippen LogP contribution in [0.3, 0.4) is 0 Å². The lowest BCUT2D eigenvalue weighted by Gasteiger charge is -2.18. The molecule has 1 aromatic heterocycles. The Labute approximate surface area is 112 Å². The van der Waals surface area contributed by atoms with E-state index in [1.165, 1.54) is 7.11 Å². The topological polar surface area (TPSA) is 58.6 Å². The number of carbonyl (C=O) groups excluding carboxylic acids is 1. The first kappa shape index (κ1) is 15.1. The van der Waals surface area contributed by atoms with Crippen molar-refractivity contribution in [3.8, 4) is 0 Å². The highest BCUT2D eigenvalue weighted by molar-refractivity contribution is 7.07. The van der Waals surface area contributed by atoms with Crippen LogP contribution in [0.1, 0.15) is 37.9 Å². The van der Waals surface area contributed by atoms with Crippen LogP contribution in [-0.2, 0) is 9.53 Å². The Morgan fingerprint density at radius 3 is 2.94 bits per heavy atom. The third-order valence-electron chi connectivity index (χ3n) is 2.82. The molecule has 0 saturated carbocycles. The van der Waals surface area contributed by atoms with Crippen molar-refractivity contribution < 1.29 is 14.6 Å². The van der Waals surface area contributed by atoms with Crippen molar-refractivity contribution >= 4 is 17.3 Å². The molecule has 102 valence electrons. The van der Waals surface area contributed by atoms with Gasteiger partial charge < -0.3 is 15.2 Å². The summed E-state index contributed by atoms with van der Waals surface area (Å²) in [6, 6.07) is 1.55. The van der Waals surface area contributed by atoms with Crippen LogP contribution in [0.5, 0.6) is 0 Å². The van der Waals surface area contributed by atoms with Crippen molar-refractivity contribution in [3.63, 3.8) is 0 Å². The van der Waals surface area contributed by atoms with Gasteiger partial charge in [-0.1, -0.05) is 19.8 Å². The molecule has 0 aliphatic rings. The van der Waals surface area contributed by atoms with Crippen molar-refractivity contribution in [1.29, 1.82) is 0 Å². The van der Waals surface area contributed by atoms with Gasteiger partial charge in [0, 0.05) is 6.54 Å². The summed E-state index contributed by atoms with van der Waals surface area (Å²) in [7, 11) is 1.39. The van der Waals surface area contributed by atoms with Crippen LogP contribution in [0.25, 0.3) is 0 Å². The highest BCUT2D eigenvalue weighted by Crippen LogP contribution is 2.15. The molecule has 2 atom stereocenters. The zero-order chi connectivity index (χ0) is 13.4. The lowest BCUT2D eigenvalue weighted by atomic mass is 10.1. The van der Waals surface area contributed by atoms with Gasteiger partial charge >= 0.3 is 5.97 Å². The number of hydrogen-bond donors (Lipinski definition) is 2.